The summed E-state index contributed by atoms with van der Waals surface area (Å²) in [6.45, 7) is 4.50. The van der Waals surface area contributed by atoms with Gasteiger partial charge >= 0.3 is 13.8 Å². The Labute approximate surface area is 223 Å². The van der Waals surface area contributed by atoms with Crippen LogP contribution in [0.5, 0.6) is 0 Å². The van der Waals surface area contributed by atoms with Gasteiger partial charge in [0.2, 0.25) is 5.91 Å². The number of rotatable bonds is 27. The van der Waals surface area contributed by atoms with E-state index in [0.29, 0.717) is 6.61 Å². The molecule has 37 heavy (non-hydrogen) atoms. The van der Waals surface area contributed by atoms with Crippen molar-refractivity contribution in [3.05, 3.63) is 0 Å². The molecule has 0 heterocycles. The fourth-order valence-electron chi connectivity index (χ4n) is 3.72. The molecule has 0 aliphatic rings. The van der Waals surface area contributed by atoms with Crippen molar-refractivity contribution in [2.75, 3.05) is 33.2 Å². The Morgan fingerprint density at radius 1 is 0.784 bits per heavy atom. The van der Waals surface area contributed by atoms with Gasteiger partial charge in [-0.1, -0.05) is 84.0 Å². The molecule has 3 N–H and O–H groups in total. The van der Waals surface area contributed by atoms with Crippen LogP contribution in [0.4, 0.5) is 0 Å². The van der Waals surface area contributed by atoms with Crippen molar-refractivity contribution in [2.45, 2.75) is 123 Å². The maximum Gasteiger partial charge on any atom is 0.469 e. The molecule has 0 saturated carbocycles. The van der Waals surface area contributed by atoms with E-state index in [1.807, 2.05) is 0 Å². The predicted octanol–water partition coefficient (Wildman–Crippen LogP) is 5.40. The second-order valence-corrected chi connectivity index (χ2v) is 10.7. The number of carbonyl (C=O) groups is 2. The normalized spacial score (nSPS) is 12.4. The van der Waals surface area contributed by atoms with Crippen LogP contribution in [0.3, 0.4) is 0 Å². The highest BCUT2D eigenvalue weighted by molar-refractivity contribution is 7.46. The molecule has 220 valence electrons. The van der Waals surface area contributed by atoms with Crippen molar-refractivity contribution in [3.8, 4) is 0 Å². The highest BCUT2D eigenvalue weighted by Crippen LogP contribution is 2.35. The second-order valence-electron chi connectivity index (χ2n) is 9.48. The van der Waals surface area contributed by atoms with Crippen molar-refractivity contribution in [1.82, 2.24) is 5.32 Å². The number of phosphoric ester groups is 1. The monoisotopic (exact) mass is 553 g/mol. The summed E-state index contributed by atoms with van der Waals surface area (Å²) in [5.74, 6) is -0.408. The van der Waals surface area contributed by atoms with E-state index < -0.39 is 26.5 Å². The van der Waals surface area contributed by atoms with Crippen LogP contribution in [0.1, 0.15) is 117 Å². The Kier molecular flexibility index (Phi) is 24.6. The lowest BCUT2D eigenvalue weighted by atomic mass is 10.1. The summed E-state index contributed by atoms with van der Waals surface area (Å²) in [5.41, 5.74) is 0. The zero-order valence-electron chi connectivity index (χ0n) is 23.1. The third kappa shape index (κ3) is 29.4. The average molecular weight is 554 g/mol. The minimum absolute atomic E-state index is 0.00510. The van der Waals surface area contributed by atoms with Crippen LogP contribution in [0.2, 0.25) is 0 Å². The van der Waals surface area contributed by atoms with Crippen LogP contribution in [0, 0.1) is 0 Å². The molecule has 11 heteroatoms. The molecular formula is C26H52NO9P. The van der Waals surface area contributed by atoms with Gasteiger partial charge in [0.25, 0.3) is 0 Å². The van der Waals surface area contributed by atoms with Crippen LogP contribution >= 0.6 is 7.82 Å². The molecule has 0 aromatic rings. The molecule has 0 aliphatic carbocycles. The van der Waals surface area contributed by atoms with Crippen molar-refractivity contribution >= 4 is 19.7 Å². The van der Waals surface area contributed by atoms with Crippen molar-refractivity contribution < 1.29 is 42.7 Å². The van der Waals surface area contributed by atoms with Crippen LogP contribution in [-0.4, -0.2) is 60.9 Å². The number of phosphoric acid groups is 1. The number of hydrogen-bond acceptors (Lipinski definition) is 7. The molecule has 0 aliphatic heterocycles. The Balaban J connectivity index is 3.86. The predicted molar refractivity (Wildman–Crippen MR) is 143 cm³/mol. The van der Waals surface area contributed by atoms with Gasteiger partial charge in [0, 0.05) is 26.5 Å². The SMILES string of the molecule is CCCCCCCCCCC(=O)O[C@@H](COCOCCCCCCCCCNC(C)=O)COP(=O)(O)O. The topological polar surface area (TPSA) is 141 Å². The Hall–Kier alpha value is -1.03. The molecule has 0 spiro atoms. The van der Waals surface area contributed by atoms with E-state index in [2.05, 4.69) is 16.8 Å². The van der Waals surface area contributed by atoms with E-state index in [4.69, 9.17) is 24.0 Å². The lowest BCUT2D eigenvalue weighted by Crippen LogP contribution is -2.28. The average Bonchev–Trinajstić information content (AvgIpc) is 2.83. The third-order valence-corrected chi connectivity index (χ3v) is 6.26. The second kappa shape index (κ2) is 25.3. The van der Waals surface area contributed by atoms with Gasteiger partial charge in [-0.3, -0.25) is 14.1 Å². The summed E-state index contributed by atoms with van der Waals surface area (Å²) in [7, 11) is -4.68. The summed E-state index contributed by atoms with van der Waals surface area (Å²) in [4.78, 5) is 40.8. The van der Waals surface area contributed by atoms with Crippen molar-refractivity contribution in [2.24, 2.45) is 0 Å². The van der Waals surface area contributed by atoms with E-state index >= 15 is 0 Å². The fourth-order valence-corrected chi connectivity index (χ4v) is 4.08. The van der Waals surface area contributed by atoms with Crippen LogP contribution in [0.15, 0.2) is 0 Å². The van der Waals surface area contributed by atoms with E-state index in [-0.39, 0.29) is 25.7 Å². The Morgan fingerprint density at radius 2 is 1.35 bits per heavy atom. The van der Waals surface area contributed by atoms with Gasteiger partial charge in [0.1, 0.15) is 12.9 Å². The van der Waals surface area contributed by atoms with E-state index in [9.17, 15) is 14.2 Å². The first-order valence-corrected chi connectivity index (χ1v) is 15.6. The molecule has 0 bridgehead atoms. The van der Waals surface area contributed by atoms with Crippen molar-refractivity contribution in [3.63, 3.8) is 0 Å². The number of unbranched alkanes of at least 4 members (excludes halogenated alkanes) is 13. The number of nitrogens with one attached hydrogen (secondary N) is 1. The van der Waals surface area contributed by atoms with Gasteiger partial charge in [-0.15, -0.1) is 0 Å². The molecule has 0 aromatic heterocycles. The van der Waals surface area contributed by atoms with Gasteiger partial charge in [-0.2, -0.15) is 0 Å². The highest BCUT2D eigenvalue weighted by atomic mass is 31.2. The minimum atomic E-state index is -4.68. The first-order chi connectivity index (χ1) is 17.7. The lowest BCUT2D eigenvalue weighted by molar-refractivity contribution is -0.158. The molecule has 0 rings (SSSR count). The Bertz CT molecular complexity index is 601. The molecule has 1 amide bonds. The van der Waals surface area contributed by atoms with Gasteiger partial charge in [0.15, 0.2) is 0 Å². The largest absolute Gasteiger partial charge is 0.469 e. The summed E-state index contributed by atoms with van der Waals surface area (Å²) >= 11 is 0. The first kappa shape index (κ1) is 36.0. The molecule has 0 fully saturated rings. The maximum atomic E-state index is 12.1. The van der Waals surface area contributed by atoms with Crippen molar-refractivity contribution in [1.29, 1.82) is 0 Å². The summed E-state index contributed by atoms with van der Waals surface area (Å²) in [6.07, 6.45) is 15.8. The number of amides is 1. The molecule has 1 atom stereocenters. The molecule has 0 radical (unpaired) electrons. The summed E-state index contributed by atoms with van der Waals surface area (Å²) < 4.78 is 31.7. The lowest BCUT2D eigenvalue weighted by Gasteiger charge is -2.18. The van der Waals surface area contributed by atoms with E-state index in [1.165, 1.54) is 39.0 Å². The zero-order chi connectivity index (χ0) is 27.6. The quantitative estimate of drug-likeness (QED) is 0.0528. The molecule has 0 saturated heterocycles. The Morgan fingerprint density at radius 3 is 1.95 bits per heavy atom. The number of hydrogen-bond donors (Lipinski definition) is 3. The summed E-state index contributed by atoms with van der Waals surface area (Å²) in [6, 6.07) is 0. The zero-order valence-corrected chi connectivity index (χ0v) is 24.0. The molecule has 10 nitrogen and oxygen atoms in total. The van der Waals surface area contributed by atoms with Gasteiger partial charge < -0.3 is 29.3 Å². The maximum absolute atomic E-state index is 12.1. The third-order valence-electron chi connectivity index (χ3n) is 5.77. The van der Waals surface area contributed by atoms with Crippen LogP contribution in [0.25, 0.3) is 0 Å². The van der Waals surface area contributed by atoms with Crippen LogP contribution in [-0.2, 0) is 32.9 Å². The van der Waals surface area contributed by atoms with E-state index in [1.54, 1.807) is 0 Å². The molecule has 0 aromatic carbocycles. The summed E-state index contributed by atoms with van der Waals surface area (Å²) in [5, 5.41) is 2.80. The first-order valence-electron chi connectivity index (χ1n) is 14.0. The smallest absolute Gasteiger partial charge is 0.457 e. The van der Waals surface area contributed by atoms with E-state index in [0.717, 1.165) is 70.8 Å². The van der Waals surface area contributed by atoms with Gasteiger partial charge in [-0.05, 0) is 19.3 Å². The number of carbonyl (C=O) groups excluding carboxylic acids is 2. The number of ether oxygens (including phenoxy) is 3. The minimum Gasteiger partial charge on any atom is -0.457 e. The van der Waals surface area contributed by atoms with Gasteiger partial charge in [0.05, 0.1) is 13.2 Å². The van der Waals surface area contributed by atoms with Crippen LogP contribution < -0.4 is 5.32 Å². The molecular weight excluding hydrogens is 501 g/mol. The molecule has 0 unspecified atom stereocenters. The number of esters is 1. The standard InChI is InChI=1S/C26H52NO9P/c1-3-4-5-6-7-9-12-15-18-26(29)36-25(22-35-37(30,31)32)21-34-23-33-20-17-14-11-8-10-13-16-19-27-24(2)28/h25H,3-23H2,1-2H3,(H,27,28)(H2,30,31,32)/t25-/m0/s1. The fraction of sp³-hybridized carbons (Fsp3) is 0.923. The highest BCUT2D eigenvalue weighted by Gasteiger charge is 2.21. The van der Waals surface area contributed by atoms with Gasteiger partial charge in [-0.25, -0.2) is 4.57 Å².